The fourth-order valence-electron chi connectivity index (χ4n) is 2.97. The van der Waals surface area contributed by atoms with Gasteiger partial charge in [0.05, 0.1) is 12.1 Å². The number of hydrogen-bond acceptors (Lipinski definition) is 6. The van der Waals surface area contributed by atoms with Crippen molar-refractivity contribution in [1.82, 2.24) is 20.0 Å². The van der Waals surface area contributed by atoms with Crippen molar-refractivity contribution in [2.75, 3.05) is 6.54 Å². The molecule has 2 aromatic heterocycles. The average molecular weight is 437 g/mol. The summed E-state index contributed by atoms with van der Waals surface area (Å²) in [7, 11) is 0. The lowest BCUT2D eigenvalue weighted by Crippen LogP contribution is -2.40. The van der Waals surface area contributed by atoms with Gasteiger partial charge in [0.25, 0.3) is 5.92 Å². The summed E-state index contributed by atoms with van der Waals surface area (Å²) in [6.07, 6.45) is 3.91. The van der Waals surface area contributed by atoms with Crippen LogP contribution in [-0.4, -0.2) is 32.8 Å². The molecule has 0 saturated heterocycles. The first-order chi connectivity index (χ1) is 14.7. The SMILES string of the molecule is N/N=C\N(N)CC(c1ccc(F)cc1F)C(F)(F)c1ccc(-c2ncncc2F)cn1. The molecule has 162 valence electrons. The number of halogens is 5. The molecule has 3 rings (SSSR count). The van der Waals surface area contributed by atoms with Crippen molar-refractivity contribution in [2.45, 2.75) is 11.8 Å². The molecule has 0 saturated carbocycles. The number of benzene rings is 1. The fourth-order valence-corrected chi connectivity index (χ4v) is 2.97. The molecule has 1 atom stereocenters. The van der Waals surface area contributed by atoms with Gasteiger partial charge in [0, 0.05) is 24.4 Å². The first-order valence-electron chi connectivity index (χ1n) is 8.74. The molecule has 0 aliphatic carbocycles. The average Bonchev–Trinajstić information content (AvgIpc) is 2.73. The van der Waals surface area contributed by atoms with E-state index in [4.69, 9.17) is 11.7 Å². The second-order valence-corrected chi connectivity index (χ2v) is 6.45. The highest BCUT2D eigenvalue weighted by Gasteiger charge is 2.45. The Bertz CT molecular complexity index is 1080. The van der Waals surface area contributed by atoms with Crippen LogP contribution >= 0.6 is 0 Å². The Kier molecular flexibility index (Phi) is 6.39. The van der Waals surface area contributed by atoms with E-state index in [1.807, 2.05) is 0 Å². The minimum absolute atomic E-state index is 0.120. The Hall–Kier alpha value is -3.67. The van der Waals surface area contributed by atoms with Gasteiger partial charge in [-0.25, -0.2) is 29.0 Å². The second-order valence-electron chi connectivity index (χ2n) is 6.45. The molecule has 7 nitrogen and oxygen atoms in total. The highest BCUT2D eigenvalue weighted by molar-refractivity contribution is 5.58. The van der Waals surface area contributed by atoms with Gasteiger partial charge in [-0.1, -0.05) is 6.07 Å². The van der Waals surface area contributed by atoms with Gasteiger partial charge < -0.3 is 5.84 Å². The Labute approximate surface area is 173 Å². The van der Waals surface area contributed by atoms with Crippen molar-refractivity contribution in [3.05, 3.63) is 77.8 Å². The van der Waals surface area contributed by atoms with Gasteiger partial charge in [-0.15, -0.1) is 0 Å². The molecule has 12 heteroatoms. The van der Waals surface area contributed by atoms with Crippen LogP contribution in [0.3, 0.4) is 0 Å². The van der Waals surface area contributed by atoms with Crippen molar-refractivity contribution in [3.63, 3.8) is 0 Å². The zero-order chi connectivity index (χ0) is 22.6. The Balaban J connectivity index is 2.01. The number of alkyl halides is 2. The first kappa shape index (κ1) is 22.0. The molecule has 0 amide bonds. The summed E-state index contributed by atoms with van der Waals surface area (Å²) in [5.41, 5.74) is -1.21. The van der Waals surface area contributed by atoms with Crippen molar-refractivity contribution in [1.29, 1.82) is 0 Å². The molecule has 2 heterocycles. The van der Waals surface area contributed by atoms with Crippen LogP contribution in [0.2, 0.25) is 0 Å². The predicted octanol–water partition coefficient (Wildman–Crippen LogP) is 2.91. The van der Waals surface area contributed by atoms with E-state index in [0.717, 1.165) is 48.3 Å². The molecular formula is C19H16F5N7. The Morgan fingerprint density at radius 1 is 1.06 bits per heavy atom. The summed E-state index contributed by atoms with van der Waals surface area (Å²) in [5, 5.41) is 3.88. The molecule has 1 aromatic carbocycles. The molecule has 1 unspecified atom stereocenters. The monoisotopic (exact) mass is 437 g/mol. The number of pyridine rings is 1. The number of rotatable bonds is 7. The van der Waals surface area contributed by atoms with Crippen molar-refractivity contribution >= 4 is 6.34 Å². The molecule has 4 N–H and O–H groups in total. The largest absolute Gasteiger partial charge is 0.322 e. The number of hydrogen-bond donors (Lipinski definition) is 2. The summed E-state index contributed by atoms with van der Waals surface area (Å²) in [4.78, 5) is 11.0. The summed E-state index contributed by atoms with van der Waals surface area (Å²) in [5.74, 6) is 2.07. The molecule has 0 bridgehead atoms. The summed E-state index contributed by atoms with van der Waals surface area (Å²) in [6.45, 7) is -0.625. The molecule has 31 heavy (non-hydrogen) atoms. The van der Waals surface area contributed by atoms with Gasteiger partial charge in [-0.2, -0.15) is 13.9 Å². The van der Waals surface area contributed by atoms with Crippen LogP contribution in [0, 0.1) is 17.5 Å². The lowest BCUT2D eigenvalue weighted by Gasteiger charge is -2.29. The van der Waals surface area contributed by atoms with Crippen LogP contribution < -0.4 is 11.7 Å². The normalized spacial score (nSPS) is 12.8. The maximum Gasteiger partial charge on any atom is 0.298 e. The van der Waals surface area contributed by atoms with Gasteiger partial charge in [0.15, 0.2) is 5.82 Å². The van der Waals surface area contributed by atoms with Gasteiger partial charge >= 0.3 is 0 Å². The van der Waals surface area contributed by atoms with E-state index in [9.17, 15) is 13.2 Å². The first-order valence-corrected chi connectivity index (χ1v) is 8.74. The fraction of sp³-hybridized carbons (Fsp3) is 0.158. The van der Waals surface area contributed by atoms with Crippen LogP contribution in [0.5, 0.6) is 0 Å². The highest BCUT2D eigenvalue weighted by Crippen LogP contribution is 2.42. The van der Waals surface area contributed by atoms with Crippen molar-refractivity contribution in [2.24, 2.45) is 16.8 Å². The minimum atomic E-state index is -3.76. The molecule has 0 spiro atoms. The number of nitrogens with two attached hydrogens (primary N) is 2. The summed E-state index contributed by atoms with van der Waals surface area (Å²) >= 11 is 0. The van der Waals surface area contributed by atoms with E-state index in [1.165, 1.54) is 6.07 Å². The number of aromatic nitrogens is 3. The summed E-state index contributed by atoms with van der Waals surface area (Å²) in [6, 6.07) is 4.41. The maximum absolute atomic E-state index is 15.4. The lowest BCUT2D eigenvalue weighted by molar-refractivity contribution is -0.0443. The van der Waals surface area contributed by atoms with Crippen LogP contribution in [0.4, 0.5) is 22.0 Å². The van der Waals surface area contributed by atoms with Crippen molar-refractivity contribution in [3.8, 4) is 11.3 Å². The lowest BCUT2D eigenvalue weighted by atomic mass is 9.89. The Morgan fingerprint density at radius 2 is 1.84 bits per heavy atom. The molecule has 0 aliphatic rings. The van der Waals surface area contributed by atoms with E-state index < -0.39 is 47.1 Å². The number of nitrogens with zero attached hydrogens (tertiary/aromatic N) is 5. The minimum Gasteiger partial charge on any atom is -0.322 e. The van der Waals surface area contributed by atoms with E-state index >= 15 is 8.78 Å². The summed E-state index contributed by atoms with van der Waals surface area (Å²) < 4.78 is 72.3. The quantitative estimate of drug-likeness (QED) is 0.194. The van der Waals surface area contributed by atoms with Crippen molar-refractivity contribution < 1.29 is 22.0 Å². The van der Waals surface area contributed by atoms with E-state index in [1.54, 1.807) is 0 Å². The molecule has 3 aromatic rings. The van der Waals surface area contributed by atoms with Gasteiger partial charge in [0.1, 0.15) is 35.7 Å². The van der Waals surface area contributed by atoms with Gasteiger partial charge in [-0.3, -0.25) is 9.99 Å². The highest BCUT2D eigenvalue weighted by atomic mass is 19.3. The van der Waals surface area contributed by atoms with Crippen LogP contribution in [-0.2, 0) is 5.92 Å². The van der Waals surface area contributed by atoms with Crippen LogP contribution in [0.25, 0.3) is 11.3 Å². The zero-order valence-electron chi connectivity index (χ0n) is 15.8. The second kappa shape index (κ2) is 9.00. The van der Waals surface area contributed by atoms with E-state index in [-0.39, 0.29) is 11.3 Å². The number of hydrazone groups is 1. The molecular weight excluding hydrogens is 421 g/mol. The molecule has 0 fully saturated rings. The van der Waals surface area contributed by atoms with Crippen LogP contribution in [0.15, 0.2) is 54.2 Å². The third-order valence-electron chi connectivity index (χ3n) is 4.43. The zero-order valence-corrected chi connectivity index (χ0v) is 15.8. The molecule has 0 aliphatic heterocycles. The van der Waals surface area contributed by atoms with Gasteiger partial charge in [-0.05, 0) is 23.8 Å². The Morgan fingerprint density at radius 3 is 2.45 bits per heavy atom. The standard InChI is InChI=1S/C19H16F5N7/c20-12-2-3-13(15(21)5-12)14(8-31(26)10-30-25)19(23,24)17-4-1-11(6-28-17)18-16(22)7-27-9-29-18/h1-7,9-10,14H,8,25-26H2/b30-10-. The maximum atomic E-state index is 15.4. The third-order valence-corrected chi connectivity index (χ3v) is 4.43. The van der Waals surface area contributed by atoms with E-state index in [0.29, 0.717) is 6.07 Å². The molecule has 0 radical (unpaired) electrons. The van der Waals surface area contributed by atoms with Crippen LogP contribution in [0.1, 0.15) is 17.2 Å². The number of hydrazine groups is 1. The van der Waals surface area contributed by atoms with Gasteiger partial charge in [0.2, 0.25) is 0 Å². The topological polar surface area (TPSA) is 106 Å². The predicted molar refractivity (Wildman–Crippen MR) is 102 cm³/mol. The van der Waals surface area contributed by atoms with E-state index in [2.05, 4.69) is 20.1 Å². The third kappa shape index (κ3) is 4.74. The smallest absolute Gasteiger partial charge is 0.298 e.